The van der Waals surface area contributed by atoms with Crippen LogP contribution in [0.5, 0.6) is 0 Å². The van der Waals surface area contributed by atoms with E-state index in [0.717, 1.165) is 27.6 Å². The van der Waals surface area contributed by atoms with Crippen molar-refractivity contribution in [2.75, 3.05) is 11.1 Å². The first-order valence-corrected chi connectivity index (χ1v) is 7.52. The Morgan fingerprint density at radius 1 is 1.26 bits per heavy atom. The Hall–Kier alpha value is -1.59. The minimum absolute atomic E-state index is 0.707. The maximum Gasteiger partial charge on any atom is 0.0951 e. The second-order valence-corrected chi connectivity index (χ2v) is 6.00. The van der Waals surface area contributed by atoms with Crippen LogP contribution in [0.1, 0.15) is 4.88 Å². The summed E-state index contributed by atoms with van der Waals surface area (Å²) in [4.78, 5) is 5.60. The highest BCUT2D eigenvalue weighted by Gasteiger charge is 2.05. The Kier molecular flexibility index (Phi) is 3.40. The number of para-hydroxylation sites is 1. The number of hydrogen-bond donors (Lipinski definition) is 2. The van der Waals surface area contributed by atoms with Crippen molar-refractivity contribution in [2.24, 2.45) is 0 Å². The Labute approximate surface area is 123 Å². The van der Waals surface area contributed by atoms with Gasteiger partial charge in [0.15, 0.2) is 0 Å². The van der Waals surface area contributed by atoms with Crippen LogP contribution >= 0.6 is 27.3 Å². The van der Waals surface area contributed by atoms with Crippen LogP contribution in [-0.2, 0) is 6.54 Å². The molecule has 2 heterocycles. The minimum atomic E-state index is 0.707. The van der Waals surface area contributed by atoms with Crippen LogP contribution in [0.3, 0.4) is 0 Å². The fourth-order valence-electron chi connectivity index (χ4n) is 1.98. The third-order valence-corrected chi connectivity index (χ3v) is 4.86. The number of nitrogens with one attached hydrogen (secondary N) is 1. The summed E-state index contributed by atoms with van der Waals surface area (Å²) in [5.74, 6) is 0. The van der Waals surface area contributed by atoms with E-state index in [9.17, 15) is 0 Å². The molecule has 0 radical (unpaired) electrons. The third-order valence-electron chi connectivity index (χ3n) is 2.93. The number of nitrogen functional groups attached to an aromatic ring is 1. The van der Waals surface area contributed by atoms with Crippen LogP contribution in [0.15, 0.2) is 46.4 Å². The molecule has 0 saturated heterocycles. The summed E-state index contributed by atoms with van der Waals surface area (Å²) < 4.78 is 1.14. The molecular weight excluding hydrogens is 322 g/mol. The summed E-state index contributed by atoms with van der Waals surface area (Å²) in [6, 6.07) is 9.89. The molecule has 5 heteroatoms. The summed E-state index contributed by atoms with van der Waals surface area (Å²) in [6.45, 7) is 0.784. The van der Waals surface area contributed by atoms with Gasteiger partial charge in [-0.3, -0.25) is 4.98 Å². The number of halogens is 1. The van der Waals surface area contributed by atoms with Gasteiger partial charge >= 0.3 is 0 Å². The molecule has 2 aromatic heterocycles. The minimum Gasteiger partial charge on any atom is -0.397 e. The molecule has 0 atom stereocenters. The van der Waals surface area contributed by atoms with Crippen LogP contribution in [-0.4, -0.2) is 4.98 Å². The number of pyridine rings is 1. The fraction of sp³-hybridized carbons (Fsp3) is 0.0714. The lowest BCUT2D eigenvalue weighted by atomic mass is 10.1. The van der Waals surface area contributed by atoms with Gasteiger partial charge in [-0.1, -0.05) is 12.1 Å². The highest BCUT2D eigenvalue weighted by atomic mass is 79.9. The topological polar surface area (TPSA) is 50.9 Å². The van der Waals surface area contributed by atoms with Gasteiger partial charge in [0.05, 0.1) is 17.7 Å². The van der Waals surface area contributed by atoms with E-state index in [2.05, 4.69) is 37.7 Å². The van der Waals surface area contributed by atoms with E-state index >= 15 is 0 Å². The molecule has 96 valence electrons. The van der Waals surface area contributed by atoms with Gasteiger partial charge in [-0.05, 0) is 39.5 Å². The van der Waals surface area contributed by atoms with E-state index in [-0.39, 0.29) is 0 Å². The predicted octanol–water partition coefficient (Wildman–Crippen LogP) is 4.25. The van der Waals surface area contributed by atoms with Crippen molar-refractivity contribution >= 4 is 49.5 Å². The van der Waals surface area contributed by atoms with E-state index in [1.165, 1.54) is 4.88 Å². The van der Waals surface area contributed by atoms with Gasteiger partial charge in [-0.25, -0.2) is 0 Å². The molecule has 3 rings (SSSR count). The molecule has 0 spiro atoms. The molecule has 0 aliphatic heterocycles. The van der Waals surface area contributed by atoms with Crippen molar-refractivity contribution in [2.45, 2.75) is 6.54 Å². The summed E-state index contributed by atoms with van der Waals surface area (Å²) in [6.07, 6.45) is 1.78. The molecule has 0 amide bonds. The zero-order chi connectivity index (χ0) is 13.2. The third kappa shape index (κ3) is 2.43. The molecule has 0 aliphatic rings. The van der Waals surface area contributed by atoms with Crippen molar-refractivity contribution < 1.29 is 0 Å². The SMILES string of the molecule is Nc1cccc2c(NCc3sccc3Br)ccnc12. The Morgan fingerprint density at radius 3 is 2.95 bits per heavy atom. The zero-order valence-electron chi connectivity index (χ0n) is 10.1. The maximum absolute atomic E-state index is 5.94. The summed E-state index contributed by atoms with van der Waals surface area (Å²) in [5.41, 5.74) is 8.55. The smallest absolute Gasteiger partial charge is 0.0951 e. The fourth-order valence-corrected chi connectivity index (χ4v) is 3.41. The van der Waals surface area contributed by atoms with E-state index in [1.54, 1.807) is 17.5 Å². The Bertz CT molecular complexity index is 724. The van der Waals surface area contributed by atoms with Gasteiger partial charge in [0.1, 0.15) is 0 Å². The zero-order valence-corrected chi connectivity index (χ0v) is 12.5. The highest BCUT2D eigenvalue weighted by Crippen LogP contribution is 2.28. The van der Waals surface area contributed by atoms with Crippen molar-refractivity contribution in [1.82, 2.24) is 4.98 Å². The molecule has 0 fully saturated rings. The van der Waals surface area contributed by atoms with Crippen molar-refractivity contribution in [1.29, 1.82) is 0 Å². The van der Waals surface area contributed by atoms with Crippen molar-refractivity contribution in [3.63, 3.8) is 0 Å². The first kappa shape index (κ1) is 12.4. The van der Waals surface area contributed by atoms with Crippen LogP contribution in [0.25, 0.3) is 10.9 Å². The lowest BCUT2D eigenvalue weighted by Gasteiger charge is -2.09. The number of aromatic nitrogens is 1. The standard InChI is InChI=1S/C14H12BrN3S/c15-10-5-7-19-13(10)8-18-12-4-6-17-14-9(12)2-1-3-11(14)16/h1-7H,8,16H2,(H,17,18). The average molecular weight is 334 g/mol. The van der Waals surface area contributed by atoms with Crippen LogP contribution in [0.4, 0.5) is 11.4 Å². The van der Waals surface area contributed by atoms with Gasteiger partial charge in [-0.15, -0.1) is 11.3 Å². The molecule has 3 aromatic rings. The molecule has 3 nitrogen and oxygen atoms in total. The molecule has 0 bridgehead atoms. The van der Waals surface area contributed by atoms with Gasteiger partial charge in [0, 0.05) is 26.6 Å². The van der Waals surface area contributed by atoms with Crippen LogP contribution in [0, 0.1) is 0 Å². The van der Waals surface area contributed by atoms with Gasteiger partial charge in [0.2, 0.25) is 0 Å². The largest absolute Gasteiger partial charge is 0.397 e. The van der Waals surface area contributed by atoms with E-state index in [1.807, 2.05) is 24.3 Å². The normalized spacial score (nSPS) is 10.8. The van der Waals surface area contributed by atoms with E-state index < -0.39 is 0 Å². The number of hydrogen-bond acceptors (Lipinski definition) is 4. The number of nitrogens with two attached hydrogens (primary N) is 1. The number of anilines is 2. The van der Waals surface area contributed by atoms with Crippen LogP contribution in [0.2, 0.25) is 0 Å². The van der Waals surface area contributed by atoms with Gasteiger partial charge in [0.25, 0.3) is 0 Å². The number of rotatable bonds is 3. The lowest BCUT2D eigenvalue weighted by molar-refractivity contribution is 1.18. The molecular formula is C14H12BrN3S. The van der Waals surface area contributed by atoms with Crippen LogP contribution < -0.4 is 11.1 Å². The molecule has 3 N–H and O–H groups in total. The first-order valence-electron chi connectivity index (χ1n) is 5.84. The summed E-state index contributed by atoms with van der Waals surface area (Å²) in [7, 11) is 0. The summed E-state index contributed by atoms with van der Waals surface area (Å²) in [5, 5.41) is 6.57. The Balaban J connectivity index is 1.93. The average Bonchev–Trinajstić information content (AvgIpc) is 2.82. The second-order valence-electron chi connectivity index (χ2n) is 4.15. The molecule has 0 unspecified atom stereocenters. The van der Waals surface area contributed by atoms with Gasteiger partial charge < -0.3 is 11.1 Å². The predicted molar refractivity (Wildman–Crippen MR) is 85.5 cm³/mol. The maximum atomic E-state index is 5.94. The summed E-state index contributed by atoms with van der Waals surface area (Å²) >= 11 is 5.27. The van der Waals surface area contributed by atoms with E-state index in [0.29, 0.717) is 5.69 Å². The van der Waals surface area contributed by atoms with E-state index in [4.69, 9.17) is 5.73 Å². The molecule has 19 heavy (non-hydrogen) atoms. The van der Waals surface area contributed by atoms with Gasteiger partial charge in [-0.2, -0.15) is 0 Å². The quantitative estimate of drug-likeness (QED) is 0.704. The number of benzene rings is 1. The molecule has 0 aliphatic carbocycles. The monoisotopic (exact) mass is 333 g/mol. The molecule has 1 aromatic carbocycles. The molecule has 0 saturated carbocycles. The number of nitrogens with zero attached hydrogens (tertiary/aromatic N) is 1. The highest BCUT2D eigenvalue weighted by molar-refractivity contribution is 9.10. The number of fused-ring (bicyclic) bond motifs is 1. The lowest BCUT2D eigenvalue weighted by Crippen LogP contribution is -2.00. The second kappa shape index (κ2) is 5.19. The Morgan fingerprint density at radius 2 is 2.16 bits per heavy atom. The van der Waals surface area contributed by atoms with Crippen molar-refractivity contribution in [3.05, 3.63) is 51.3 Å². The number of thiophene rings is 1. The van der Waals surface area contributed by atoms with Crippen molar-refractivity contribution in [3.8, 4) is 0 Å². The first-order chi connectivity index (χ1) is 9.25.